The van der Waals surface area contributed by atoms with Gasteiger partial charge in [0.15, 0.2) is 6.10 Å². The molecule has 0 aliphatic carbocycles. The monoisotopic (exact) mass is 289 g/mol. The quantitative estimate of drug-likeness (QED) is 0.899. The Hall–Kier alpha value is -2.04. The number of likely N-dealkylation sites (tertiary alicyclic amines) is 1. The van der Waals surface area contributed by atoms with E-state index in [1.54, 1.807) is 0 Å². The summed E-state index contributed by atoms with van der Waals surface area (Å²) in [4.78, 5) is 25.2. The summed E-state index contributed by atoms with van der Waals surface area (Å²) in [6, 6.07) is 3.31. The van der Waals surface area contributed by atoms with Crippen LogP contribution in [0.25, 0.3) is 0 Å². The highest BCUT2D eigenvalue weighted by molar-refractivity contribution is 5.88. The Balaban J connectivity index is 1.78. The summed E-state index contributed by atoms with van der Waals surface area (Å²) in [7, 11) is 0. The molecule has 1 amide bonds. The predicted molar refractivity (Wildman–Crippen MR) is 76.4 cm³/mol. The van der Waals surface area contributed by atoms with Gasteiger partial charge in [-0.15, -0.1) is 0 Å². The minimum Gasteiger partial charge on any atom is -0.480 e. The first-order valence-corrected chi connectivity index (χ1v) is 7.27. The zero-order valence-electron chi connectivity index (χ0n) is 12.3. The molecule has 0 spiro atoms. The van der Waals surface area contributed by atoms with Gasteiger partial charge in [-0.1, -0.05) is 6.07 Å². The van der Waals surface area contributed by atoms with Gasteiger partial charge in [0.2, 0.25) is 0 Å². The number of benzene rings is 1. The van der Waals surface area contributed by atoms with E-state index in [-0.39, 0.29) is 5.91 Å². The van der Waals surface area contributed by atoms with E-state index in [1.165, 1.54) is 10.5 Å². The molecular weight excluding hydrogens is 270 g/mol. The summed E-state index contributed by atoms with van der Waals surface area (Å²) in [5.74, 6) is -0.378. The van der Waals surface area contributed by atoms with Gasteiger partial charge in [0.25, 0.3) is 5.91 Å². The number of amides is 1. The molecule has 0 saturated carbocycles. The van der Waals surface area contributed by atoms with E-state index < -0.39 is 18.1 Å². The zero-order valence-corrected chi connectivity index (χ0v) is 12.3. The summed E-state index contributed by atoms with van der Waals surface area (Å²) in [6.45, 7) is 4.55. The third-order valence-corrected chi connectivity index (χ3v) is 4.45. The van der Waals surface area contributed by atoms with Crippen LogP contribution in [0.4, 0.5) is 0 Å². The Morgan fingerprint density at radius 2 is 2.00 bits per heavy atom. The van der Waals surface area contributed by atoms with Crippen molar-refractivity contribution in [2.45, 2.75) is 45.3 Å². The number of nitrogens with zero attached hydrogens (tertiary/aromatic N) is 1. The highest BCUT2D eigenvalue weighted by Gasteiger charge is 2.40. The molecule has 1 aromatic rings. The lowest BCUT2D eigenvalue weighted by Gasteiger charge is -2.24. The third kappa shape index (κ3) is 2.37. The number of hydrogen-bond donors (Lipinski definition) is 1. The average Bonchev–Trinajstić information content (AvgIpc) is 3.04. The van der Waals surface area contributed by atoms with Gasteiger partial charge in [0.05, 0.1) is 0 Å². The van der Waals surface area contributed by atoms with E-state index in [2.05, 4.69) is 6.07 Å². The normalized spacial score (nSPS) is 23.8. The molecular formula is C16H19NO4. The summed E-state index contributed by atoms with van der Waals surface area (Å²) < 4.78 is 5.76. The van der Waals surface area contributed by atoms with Crippen molar-refractivity contribution in [1.82, 2.24) is 4.90 Å². The first-order valence-electron chi connectivity index (χ1n) is 7.27. The van der Waals surface area contributed by atoms with Crippen LogP contribution in [0, 0.1) is 13.8 Å². The molecule has 5 nitrogen and oxygen atoms in total. The minimum atomic E-state index is -0.928. The van der Waals surface area contributed by atoms with Crippen molar-refractivity contribution in [1.29, 1.82) is 0 Å². The smallest absolute Gasteiger partial charge is 0.326 e. The van der Waals surface area contributed by atoms with E-state index >= 15 is 0 Å². The fourth-order valence-corrected chi connectivity index (χ4v) is 3.12. The molecule has 1 aromatic carbocycles. The second-order valence-corrected chi connectivity index (χ2v) is 5.88. The topological polar surface area (TPSA) is 66.8 Å². The van der Waals surface area contributed by atoms with Crippen molar-refractivity contribution in [3.63, 3.8) is 0 Å². The predicted octanol–water partition coefficient (Wildman–Crippen LogP) is 1.68. The van der Waals surface area contributed by atoms with E-state index in [1.807, 2.05) is 19.9 Å². The van der Waals surface area contributed by atoms with Crippen molar-refractivity contribution < 1.29 is 19.4 Å². The maximum Gasteiger partial charge on any atom is 0.326 e. The second-order valence-electron chi connectivity index (χ2n) is 5.88. The van der Waals surface area contributed by atoms with Crippen LogP contribution in [0.3, 0.4) is 0 Å². The van der Waals surface area contributed by atoms with Gasteiger partial charge in [0.1, 0.15) is 11.8 Å². The average molecular weight is 289 g/mol. The van der Waals surface area contributed by atoms with Crippen molar-refractivity contribution >= 4 is 11.9 Å². The molecule has 0 bridgehead atoms. The van der Waals surface area contributed by atoms with E-state index in [0.717, 1.165) is 23.3 Å². The molecule has 112 valence electrons. The largest absolute Gasteiger partial charge is 0.480 e. The molecule has 1 N–H and O–H groups in total. The standard InChI is InChI=1S/C16H19NO4/c1-9-6-11-8-14(21-13(11)7-10(9)2)15(18)17-5-3-4-12(17)16(19)20/h6-7,12,14H,3-5,8H2,1-2H3,(H,19,20)/t12-,14+/m1/s1. The van der Waals surface area contributed by atoms with E-state index in [0.29, 0.717) is 19.4 Å². The lowest BCUT2D eigenvalue weighted by atomic mass is 10.0. The van der Waals surface area contributed by atoms with Gasteiger partial charge in [-0.25, -0.2) is 4.79 Å². The van der Waals surface area contributed by atoms with E-state index in [4.69, 9.17) is 4.74 Å². The number of ether oxygens (including phenoxy) is 1. The number of rotatable bonds is 2. The minimum absolute atomic E-state index is 0.202. The zero-order chi connectivity index (χ0) is 15.1. The van der Waals surface area contributed by atoms with Crippen LogP contribution in [-0.2, 0) is 16.0 Å². The number of carboxylic acids is 1. The number of fused-ring (bicyclic) bond motifs is 1. The number of carbonyl (C=O) groups is 2. The summed E-state index contributed by atoms with van der Waals surface area (Å²) >= 11 is 0. The van der Waals surface area contributed by atoms with E-state index in [9.17, 15) is 14.7 Å². The Kier molecular flexibility index (Phi) is 3.35. The molecule has 1 saturated heterocycles. The summed E-state index contributed by atoms with van der Waals surface area (Å²) in [5, 5.41) is 9.19. The first-order chi connectivity index (χ1) is 9.97. The van der Waals surface area contributed by atoms with Gasteiger partial charge >= 0.3 is 5.97 Å². The fraction of sp³-hybridized carbons (Fsp3) is 0.500. The number of aryl methyl sites for hydroxylation is 2. The Morgan fingerprint density at radius 3 is 2.71 bits per heavy atom. The molecule has 1 fully saturated rings. The Bertz CT molecular complexity index is 580. The molecule has 2 atom stereocenters. The third-order valence-electron chi connectivity index (χ3n) is 4.45. The summed E-state index contributed by atoms with van der Waals surface area (Å²) in [5.41, 5.74) is 3.34. The highest BCUT2D eigenvalue weighted by atomic mass is 16.5. The van der Waals surface area contributed by atoms with Gasteiger partial charge < -0.3 is 14.7 Å². The number of hydrogen-bond acceptors (Lipinski definition) is 3. The highest BCUT2D eigenvalue weighted by Crippen LogP contribution is 2.33. The van der Waals surface area contributed by atoms with Crippen molar-refractivity contribution in [3.8, 4) is 5.75 Å². The summed E-state index contributed by atoms with van der Waals surface area (Å²) in [6.07, 6.45) is 1.21. The van der Waals surface area contributed by atoms with Gasteiger partial charge in [-0.3, -0.25) is 4.79 Å². The van der Waals surface area contributed by atoms with Crippen LogP contribution in [0.2, 0.25) is 0 Å². The first kappa shape index (κ1) is 13.9. The molecule has 3 rings (SSSR count). The molecule has 2 heterocycles. The number of carbonyl (C=O) groups excluding carboxylic acids is 1. The second kappa shape index (κ2) is 5.06. The lowest BCUT2D eigenvalue weighted by Crippen LogP contribution is -2.46. The SMILES string of the molecule is Cc1cc2c(cc1C)O[C@H](C(=O)N1CCC[C@@H]1C(=O)O)C2. The van der Waals surface area contributed by atoms with Gasteiger partial charge in [0, 0.05) is 13.0 Å². The lowest BCUT2D eigenvalue weighted by molar-refractivity contribution is -0.150. The molecule has 5 heteroatoms. The fourth-order valence-electron chi connectivity index (χ4n) is 3.12. The van der Waals surface area contributed by atoms with Crippen LogP contribution < -0.4 is 4.74 Å². The van der Waals surface area contributed by atoms with Crippen molar-refractivity contribution in [2.75, 3.05) is 6.54 Å². The molecule has 2 aliphatic rings. The molecule has 0 radical (unpaired) electrons. The van der Waals surface area contributed by atoms with Crippen LogP contribution >= 0.6 is 0 Å². The van der Waals surface area contributed by atoms with Gasteiger partial charge in [-0.2, -0.15) is 0 Å². The van der Waals surface area contributed by atoms with Gasteiger partial charge in [-0.05, 0) is 49.4 Å². The number of carboxylic acid groups (broad SMARTS) is 1. The van der Waals surface area contributed by atoms with Crippen LogP contribution in [0.15, 0.2) is 12.1 Å². The van der Waals surface area contributed by atoms with Crippen molar-refractivity contribution in [2.24, 2.45) is 0 Å². The van der Waals surface area contributed by atoms with Crippen molar-refractivity contribution in [3.05, 3.63) is 28.8 Å². The van der Waals surface area contributed by atoms with Crippen LogP contribution in [-0.4, -0.2) is 40.6 Å². The van der Waals surface area contributed by atoms with Crippen LogP contribution in [0.5, 0.6) is 5.75 Å². The molecule has 0 unspecified atom stereocenters. The molecule has 21 heavy (non-hydrogen) atoms. The Morgan fingerprint density at radius 1 is 1.29 bits per heavy atom. The molecule has 2 aliphatic heterocycles. The maximum absolute atomic E-state index is 12.5. The number of aliphatic carboxylic acids is 1. The van der Waals surface area contributed by atoms with Crippen LogP contribution in [0.1, 0.15) is 29.5 Å². The Labute approximate surface area is 123 Å². The maximum atomic E-state index is 12.5. The molecule has 0 aromatic heterocycles.